The zero-order chi connectivity index (χ0) is 23.5. The quantitative estimate of drug-likeness (QED) is 0.331. The molecule has 5 rings (SSSR count). The van der Waals surface area contributed by atoms with Gasteiger partial charge in [0.2, 0.25) is 5.91 Å². The van der Waals surface area contributed by atoms with E-state index < -0.39 is 0 Å². The Bertz CT molecular complexity index is 1300. The van der Waals surface area contributed by atoms with Gasteiger partial charge in [0.25, 0.3) is 0 Å². The van der Waals surface area contributed by atoms with Gasteiger partial charge in [-0.3, -0.25) is 14.3 Å². The zero-order valence-electron chi connectivity index (χ0n) is 19.4. The molecule has 1 amide bonds. The molecular formula is C28H29BrN4O. The van der Waals surface area contributed by atoms with Gasteiger partial charge in [-0.05, 0) is 73.8 Å². The number of aromatic nitrogens is 2. The number of aryl methyl sites for hydroxylation is 1. The standard InChI is InChI=1S/C28H29BrN4O/c1-2-20-12-14-23(15-13-20)30-28(34)21-7-6-16-32(18-21)19-27-31-25-10-3-4-11-26(25)33(27)24-9-5-8-22(29)17-24/h3-5,8-15,17,21H,2,6-7,16,18-19H2,1H3,(H,30,34)/t21-/m1/s1. The Labute approximate surface area is 208 Å². The number of hydrogen-bond donors (Lipinski definition) is 1. The monoisotopic (exact) mass is 516 g/mol. The van der Waals surface area contributed by atoms with Crippen molar-refractivity contribution in [2.45, 2.75) is 32.7 Å². The maximum Gasteiger partial charge on any atom is 0.228 e. The average Bonchev–Trinajstić information content (AvgIpc) is 3.22. The summed E-state index contributed by atoms with van der Waals surface area (Å²) in [5.41, 5.74) is 5.31. The second-order valence-corrected chi connectivity index (χ2v) is 9.86. The Kier molecular flexibility index (Phi) is 6.79. The number of fused-ring (bicyclic) bond motifs is 1. The fourth-order valence-electron chi connectivity index (χ4n) is 4.77. The predicted molar refractivity (Wildman–Crippen MR) is 141 cm³/mol. The topological polar surface area (TPSA) is 50.2 Å². The molecule has 0 unspecified atom stereocenters. The number of carbonyl (C=O) groups excluding carboxylic acids is 1. The first kappa shape index (κ1) is 22.8. The van der Waals surface area contributed by atoms with Gasteiger partial charge >= 0.3 is 0 Å². The molecule has 1 fully saturated rings. The van der Waals surface area contributed by atoms with Crippen LogP contribution in [0.5, 0.6) is 0 Å². The van der Waals surface area contributed by atoms with E-state index in [0.717, 1.165) is 65.1 Å². The van der Waals surface area contributed by atoms with Crippen molar-refractivity contribution in [1.29, 1.82) is 0 Å². The smallest absolute Gasteiger partial charge is 0.228 e. The molecule has 0 radical (unpaired) electrons. The number of nitrogens with one attached hydrogen (secondary N) is 1. The average molecular weight is 517 g/mol. The predicted octanol–water partition coefficient (Wildman–Crippen LogP) is 6.20. The van der Waals surface area contributed by atoms with Crippen molar-refractivity contribution < 1.29 is 4.79 Å². The summed E-state index contributed by atoms with van der Waals surface area (Å²) in [6, 6.07) is 24.7. The van der Waals surface area contributed by atoms with Gasteiger partial charge < -0.3 is 5.32 Å². The number of anilines is 1. The van der Waals surface area contributed by atoms with Gasteiger partial charge in [-0.25, -0.2) is 4.98 Å². The normalized spacial score (nSPS) is 16.6. The number of likely N-dealkylation sites (tertiary alicyclic amines) is 1. The summed E-state index contributed by atoms with van der Waals surface area (Å²) in [5.74, 6) is 1.08. The third-order valence-electron chi connectivity index (χ3n) is 6.57. The second kappa shape index (κ2) is 10.1. The van der Waals surface area contributed by atoms with Gasteiger partial charge in [0.15, 0.2) is 0 Å². The number of halogens is 1. The molecule has 6 heteroatoms. The van der Waals surface area contributed by atoms with Crippen LogP contribution in [0.15, 0.2) is 77.3 Å². The van der Waals surface area contributed by atoms with Crippen LogP contribution in [0.3, 0.4) is 0 Å². The summed E-state index contributed by atoms with van der Waals surface area (Å²) in [7, 11) is 0. The Balaban J connectivity index is 1.34. The summed E-state index contributed by atoms with van der Waals surface area (Å²) in [6.07, 6.45) is 2.91. The SMILES string of the molecule is CCc1ccc(NC(=O)[C@@H]2CCCN(Cc3nc4ccccc4n3-c3cccc(Br)c3)C2)cc1. The van der Waals surface area contributed by atoms with Crippen LogP contribution in [0.1, 0.15) is 31.2 Å². The number of imidazole rings is 1. The van der Waals surface area contributed by atoms with Crippen molar-refractivity contribution in [2.75, 3.05) is 18.4 Å². The second-order valence-electron chi connectivity index (χ2n) is 8.95. The van der Waals surface area contributed by atoms with Crippen LogP contribution in [0, 0.1) is 5.92 Å². The first-order valence-corrected chi connectivity index (χ1v) is 12.7. The van der Waals surface area contributed by atoms with Crippen LogP contribution < -0.4 is 5.32 Å². The Morgan fingerprint density at radius 1 is 1.09 bits per heavy atom. The lowest BCUT2D eigenvalue weighted by Gasteiger charge is -2.31. The Hall–Kier alpha value is -2.96. The highest BCUT2D eigenvalue weighted by Gasteiger charge is 2.27. The first-order valence-electron chi connectivity index (χ1n) is 11.9. The molecule has 1 aromatic heterocycles. The molecule has 4 aromatic rings. The van der Waals surface area contributed by atoms with E-state index in [1.165, 1.54) is 5.56 Å². The van der Waals surface area contributed by atoms with E-state index in [1.807, 2.05) is 30.3 Å². The number of benzene rings is 3. The summed E-state index contributed by atoms with van der Waals surface area (Å²) < 4.78 is 3.27. The van der Waals surface area contributed by atoms with Crippen molar-refractivity contribution in [3.63, 3.8) is 0 Å². The molecule has 0 aliphatic carbocycles. The largest absolute Gasteiger partial charge is 0.326 e. The van der Waals surface area contributed by atoms with Gasteiger partial charge in [-0.2, -0.15) is 0 Å². The van der Waals surface area contributed by atoms with E-state index in [2.05, 4.69) is 80.1 Å². The fraction of sp³-hybridized carbons (Fsp3) is 0.286. The van der Waals surface area contributed by atoms with Gasteiger partial charge in [0, 0.05) is 22.4 Å². The number of carbonyl (C=O) groups is 1. The summed E-state index contributed by atoms with van der Waals surface area (Å²) in [6.45, 7) is 4.54. The summed E-state index contributed by atoms with van der Waals surface area (Å²) in [5, 5.41) is 3.12. The molecule has 0 saturated carbocycles. The molecule has 1 aliphatic rings. The van der Waals surface area contributed by atoms with Crippen molar-refractivity contribution in [3.05, 3.63) is 88.7 Å². The van der Waals surface area contributed by atoms with Crippen molar-refractivity contribution in [1.82, 2.24) is 14.5 Å². The molecule has 5 nitrogen and oxygen atoms in total. The Morgan fingerprint density at radius 3 is 2.71 bits per heavy atom. The summed E-state index contributed by atoms with van der Waals surface area (Å²) in [4.78, 5) is 20.4. The molecule has 3 aromatic carbocycles. The van der Waals surface area contributed by atoms with Crippen LogP contribution >= 0.6 is 15.9 Å². The number of amides is 1. The first-order chi connectivity index (χ1) is 16.6. The lowest BCUT2D eigenvalue weighted by Crippen LogP contribution is -2.40. The van der Waals surface area contributed by atoms with Crippen LogP contribution in [0.25, 0.3) is 16.7 Å². The van der Waals surface area contributed by atoms with E-state index in [9.17, 15) is 4.79 Å². The molecule has 0 spiro atoms. The van der Waals surface area contributed by atoms with E-state index in [0.29, 0.717) is 6.54 Å². The van der Waals surface area contributed by atoms with Crippen molar-refractivity contribution in [2.24, 2.45) is 5.92 Å². The highest BCUT2D eigenvalue weighted by Crippen LogP contribution is 2.26. The molecule has 34 heavy (non-hydrogen) atoms. The molecule has 1 saturated heterocycles. The van der Waals surface area contributed by atoms with E-state index in [-0.39, 0.29) is 11.8 Å². The van der Waals surface area contributed by atoms with E-state index in [1.54, 1.807) is 0 Å². The minimum atomic E-state index is -0.0247. The maximum atomic E-state index is 13.0. The van der Waals surface area contributed by atoms with Crippen LogP contribution in [-0.2, 0) is 17.8 Å². The minimum absolute atomic E-state index is 0.0247. The molecule has 0 bridgehead atoms. The van der Waals surface area contributed by atoms with E-state index >= 15 is 0 Å². The lowest BCUT2D eigenvalue weighted by atomic mass is 9.97. The highest BCUT2D eigenvalue weighted by molar-refractivity contribution is 9.10. The molecule has 1 N–H and O–H groups in total. The lowest BCUT2D eigenvalue weighted by molar-refractivity contribution is -0.121. The molecule has 1 aliphatic heterocycles. The molecule has 1 atom stereocenters. The van der Waals surface area contributed by atoms with Gasteiger partial charge in [0.05, 0.1) is 23.5 Å². The zero-order valence-corrected chi connectivity index (χ0v) is 21.0. The fourth-order valence-corrected chi connectivity index (χ4v) is 5.15. The van der Waals surface area contributed by atoms with E-state index in [4.69, 9.17) is 4.98 Å². The van der Waals surface area contributed by atoms with Gasteiger partial charge in [0.1, 0.15) is 5.82 Å². The number of hydrogen-bond acceptors (Lipinski definition) is 3. The third kappa shape index (κ3) is 4.93. The molecule has 174 valence electrons. The highest BCUT2D eigenvalue weighted by atomic mass is 79.9. The van der Waals surface area contributed by atoms with Crippen LogP contribution in [-0.4, -0.2) is 33.4 Å². The third-order valence-corrected chi connectivity index (χ3v) is 7.06. The van der Waals surface area contributed by atoms with Crippen LogP contribution in [0.2, 0.25) is 0 Å². The number of rotatable bonds is 6. The minimum Gasteiger partial charge on any atom is -0.326 e. The number of nitrogens with zero attached hydrogens (tertiary/aromatic N) is 3. The van der Waals surface area contributed by atoms with Gasteiger partial charge in [-0.1, -0.05) is 53.2 Å². The van der Waals surface area contributed by atoms with Crippen molar-refractivity contribution in [3.8, 4) is 5.69 Å². The number of piperidine rings is 1. The Morgan fingerprint density at radius 2 is 1.91 bits per heavy atom. The molecule has 2 heterocycles. The van der Waals surface area contributed by atoms with Gasteiger partial charge in [-0.15, -0.1) is 0 Å². The molecular weight excluding hydrogens is 488 g/mol. The van der Waals surface area contributed by atoms with Crippen molar-refractivity contribution >= 4 is 38.6 Å². The number of para-hydroxylation sites is 2. The summed E-state index contributed by atoms with van der Waals surface area (Å²) >= 11 is 3.61. The maximum absolute atomic E-state index is 13.0. The van der Waals surface area contributed by atoms with Crippen LogP contribution in [0.4, 0.5) is 5.69 Å².